The van der Waals surface area contributed by atoms with E-state index >= 15 is 0 Å². The fraction of sp³-hybridized carbons (Fsp3) is 0.250. The Morgan fingerprint density at radius 3 is 2.89 bits per heavy atom. The summed E-state index contributed by atoms with van der Waals surface area (Å²) in [5.74, 6) is 1.67. The van der Waals surface area contributed by atoms with Crippen LogP contribution in [0.3, 0.4) is 0 Å². The first-order chi connectivity index (χ1) is 9.33. The lowest BCUT2D eigenvalue weighted by Gasteiger charge is -2.10. The highest BCUT2D eigenvalue weighted by Gasteiger charge is 2.22. The van der Waals surface area contributed by atoms with Crippen LogP contribution < -0.4 is 10.6 Å². The molecule has 1 saturated heterocycles. The van der Waals surface area contributed by atoms with Gasteiger partial charge in [0.1, 0.15) is 12.7 Å². The summed E-state index contributed by atoms with van der Waals surface area (Å²) in [5.41, 5.74) is 1.69. The monoisotopic (exact) mass is 275 g/mol. The third kappa shape index (κ3) is 2.77. The van der Waals surface area contributed by atoms with Crippen molar-refractivity contribution in [3.05, 3.63) is 36.9 Å². The van der Waals surface area contributed by atoms with Crippen molar-refractivity contribution >= 4 is 23.4 Å². The van der Waals surface area contributed by atoms with Gasteiger partial charge in [-0.1, -0.05) is 0 Å². The molecule has 1 aliphatic rings. The van der Waals surface area contributed by atoms with Crippen LogP contribution in [0.4, 0.5) is 5.69 Å². The minimum Gasteiger partial charge on any atom is -0.325 e. The van der Waals surface area contributed by atoms with Gasteiger partial charge < -0.3 is 5.32 Å². The number of nitrogens with one attached hydrogen (secondary N) is 2. The summed E-state index contributed by atoms with van der Waals surface area (Å²) in [7, 11) is 0. The number of hydrogen-bond donors (Lipinski definition) is 2. The van der Waals surface area contributed by atoms with E-state index in [0.29, 0.717) is 0 Å². The molecule has 1 aliphatic heterocycles. The number of thioether (sulfide) groups is 1. The molecule has 2 aromatic rings. The maximum Gasteiger partial charge on any atom is 0.242 e. The van der Waals surface area contributed by atoms with Gasteiger partial charge in [-0.15, -0.1) is 11.8 Å². The van der Waals surface area contributed by atoms with Crippen molar-refractivity contribution in [2.75, 3.05) is 16.9 Å². The van der Waals surface area contributed by atoms with Crippen LogP contribution in [-0.4, -0.2) is 38.3 Å². The Hall–Kier alpha value is -1.86. The van der Waals surface area contributed by atoms with Crippen molar-refractivity contribution in [1.82, 2.24) is 20.1 Å². The second kappa shape index (κ2) is 5.41. The number of aromatic nitrogens is 3. The van der Waals surface area contributed by atoms with Crippen LogP contribution in [0.5, 0.6) is 0 Å². The molecule has 1 amide bonds. The Balaban J connectivity index is 1.67. The Morgan fingerprint density at radius 2 is 2.26 bits per heavy atom. The smallest absolute Gasteiger partial charge is 0.242 e. The molecule has 19 heavy (non-hydrogen) atoms. The first-order valence-corrected chi connectivity index (χ1v) is 7.05. The molecule has 0 bridgehead atoms. The van der Waals surface area contributed by atoms with Crippen molar-refractivity contribution in [3.8, 4) is 5.69 Å². The summed E-state index contributed by atoms with van der Waals surface area (Å²) in [5, 5.41) is 10.1. The summed E-state index contributed by atoms with van der Waals surface area (Å²) in [6, 6.07) is 7.40. The van der Waals surface area contributed by atoms with Gasteiger partial charge in [0, 0.05) is 17.3 Å². The summed E-state index contributed by atoms with van der Waals surface area (Å²) in [6.45, 7) is 0. The van der Waals surface area contributed by atoms with E-state index in [1.54, 1.807) is 22.8 Å². The number of hydrogen-bond acceptors (Lipinski definition) is 5. The predicted octanol–water partition coefficient (Wildman–Crippen LogP) is 0.868. The molecule has 0 radical (unpaired) electrons. The van der Waals surface area contributed by atoms with Crippen molar-refractivity contribution in [2.24, 2.45) is 0 Å². The molecule has 6 nitrogen and oxygen atoms in total. The van der Waals surface area contributed by atoms with Crippen LogP contribution >= 0.6 is 11.8 Å². The first-order valence-electron chi connectivity index (χ1n) is 5.90. The number of carbonyl (C=O) groups excluding carboxylic acids is 1. The number of rotatable bonds is 3. The molecule has 98 valence electrons. The summed E-state index contributed by atoms with van der Waals surface area (Å²) in [6.07, 6.45) is 3.12. The Kier molecular flexibility index (Phi) is 3.47. The highest BCUT2D eigenvalue weighted by atomic mass is 32.2. The van der Waals surface area contributed by atoms with Gasteiger partial charge in [-0.2, -0.15) is 5.10 Å². The molecule has 1 fully saturated rings. The van der Waals surface area contributed by atoms with E-state index in [1.807, 2.05) is 24.3 Å². The molecule has 2 N–H and O–H groups in total. The molecule has 1 aromatic heterocycles. The summed E-state index contributed by atoms with van der Waals surface area (Å²) < 4.78 is 1.67. The lowest BCUT2D eigenvalue weighted by atomic mass is 10.2. The lowest BCUT2D eigenvalue weighted by molar-refractivity contribution is -0.117. The summed E-state index contributed by atoms with van der Waals surface area (Å²) >= 11 is 1.73. The fourth-order valence-electron chi connectivity index (χ4n) is 1.83. The zero-order chi connectivity index (χ0) is 13.1. The normalized spacial score (nSPS) is 18.4. The van der Waals surface area contributed by atoms with Crippen molar-refractivity contribution in [1.29, 1.82) is 0 Å². The highest BCUT2D eigenvalue weighted by molar-refractivity contribution is 7.99. The van der Waals surface area contributed by atoms with Gasteiger partial charge in [0.05, 0.1) is 11.7 Å². The molecule has 0 aliphatic carbocycles. The molecule has 1 atom stereocenters. The average Bonchev–Trinajstić information content (AvgIpc) is 3.13. The molecule has 1 unspecified atom stereocenters. The van der Waals surface area contributed by atoms with E-state index in [2.05, 4.69) is 20.7 Å². The van der Waals surface area contributed by atoms with Crippen LogP contribution in [0.2, 0.25) is 0 Å². The first kappa shape index (κ1) is 12.2. The van der Waals surface area contributed by atoms with Gasteiger partial charge >= 0.3 is 0 Å². The third-order valence-electron chi connectivity index (χ3n) is 2.85. The molecule has 2 heterocycles. The maximum atomic E-state index is 11.9. The van der Waals surface area contributed by atoms with Gasteiger partial charge in [-0.3, -0.25) is 10.1 Å². The van der Waals surface area contributed by atoms with Gasteiger partial charge in [-0.25, -0.2) is 9.67 Å². The zero-order valence-corrected chi connectivity index (χ0v) is 10.9. The number of anilines is 1. The van der Waals surface area contributed by atoms with Crippen LogP contribution in [0, 0.1) is 0 Å². The molecular formula is C12H13N5OS. The molecule has 0 spiro atoms. The lowest BCUT2D eigenvalue weighted by Crippen LogP contribution is -2.37. The Morgan fingerprint density at radius 1 is 1.42 bits per heavy atom. The van der Waals surface area contributed by atoms with E-state index in [0.717, 1.165) is 23.0 Å². The van der Waals surface area contributed by atoms with E-state index in [1.165, 1.54) is 6.33 Å². The fourth-order valence-corrected chi connectivity index (χ4v) is 2.77. The SMILES string of the molecule is O=C(Nc1ccc(-n2cncn2)cc1)C1CSCN1. The van der Waals surface area contributed by atoms with Crippen LogP contribution in [0.1, 0.15) is 0 Å². The topological polar surface area (TPSA) is 71.8 Å². The highest BCUT2D eigenvalue weighted by Crippen LogP contribution is 2.15. The predicted molar refractivity (Wildman–Crippen MR) is 74.2 cm³/mol. The van der Waals surface area contributed by atoms with E-state index in [9.17, 15) is 4.79 Å². The largest absolute Gasteiger partial charge is 0.325 e. The Labute approximate surface area is 114 Å². The van der Waals surface area contributed by atoms with Crippen LogP contribution in [0.25, 0.3) is 5.69 Å². The van der Waals surface area contributed by atoms with Gasteiger partial charge in [-0.05, 0) is 24.3 Å². The Bertz CT molecular complexity index is 548. The van der Waals surface area contributed by atoms with Crippen molar-refractivity contribution < 1.29 is 4.79 Å². The second-order valence-electron chi connectivity index (χ2n) is 4.15. The van der Waals surface area contributed by atoms with E-state index in [4.69, 9.17) is 0 Å². The minimum absolute atomic E-state index is 0.0125. The third-order valence-corrected chi connectivity index (χ3v) is 3.79. The zero-order valence-electron chi connectivity index (χ0n) is 10.1. The van der Waals surface area contributed by atoms with Crippen LogP contribution in [0.15, 0.2) is 36.9 Å². The van der Waals surface area contributed by atoms with Crippen LogP contribution in [-0.2, 0) is 4.79 Å². The quantitative estimate of drug-likeness (QED) is 0.869. The van der Waals surface area contributed by atoms with E-state index in [-0.39, 0.29) is 11.9 Å². The number of nitrogens with zero attached hydrogens (tertiary/aromatic N) is 3. The van der Waals surface area contributed by atoms with Gasteiger partial charge in [0.2, 0.25) is 5.91 Å². The van der Waals surface area contributed by atoms with E-state index < -0.39 is 0 Å². The van der Waals surface area contributed by atoms with Crippen molar-refractivity contribution in [3.63, 3.8) is 0 Å². The number of amides is 1. The van der Waals surface area contributed by atoms with Gasteiger partial charge in [0.15, 0.2) is 0 Å². The molecule has 1 aromatic carbocycles. The average molecular weight is 275 g/mol. The summed E-state index contributed by atoms with van der Waals surface area (Å²) in [4.78, 5) is 15.8. The second-order valence-corrected chi connectivity index (χ2v) is 5.18. The molecule has 7 heteroatoms. The van der Waals surface area contributed by atoms with Gasteiger partial charge in [0.25, 0.3) is 0 Å². The minimum atomic E-state index is -0.0972. The molecular weight excluding hydrogens is 262 g/mol. The van der Waals surface area contributed by atoms with Crippen molar-refractivity contribution in [2.45, 2.75) is 6.04 Å². The number of benzene rings is 1. The standard InChI is InChI=1S/C12H13N5OS/c18-12(11-5-19-8-14-11)16-9-1-3-10(4-2-9)17-7-13-6-15-17/h1-4,6-7,11,14H,5,8H2,(H,16,18). The molecule has 3 rings (SSSR count). The molecule has 0 saturated carbocycles. The maximum absolute atomic E-state index is 11.9. The number of carbonyl (C=O) groups is 1.